The Bertz CT molecular complexity index is 455. The summed E-state index contributed by atoms with van der Waals surface area (Å²) in [6.07, 6.45) is 1.76. The number of hydrogen-bond donors (Lipinski definition) is 2. The molecule has 1 aliphatic rings. The molecular formula is C13H16Br2O3S. The molecule has 0 bridgehead atoms. The zero-order valence-electron chi connectivity index (χ0n) is 10.5. The van der Waals surface area contributed by atoms with Gasteiger partial charge in [0.2, 0.25) is 0 Å². The van der Waals surface area contributed by atoms with Gasteiger partial charge < -0.3 is 10.2 Å². The van der Waals surface area contributed by atoms with Gasteiger partial charge in [-0.25, -0.2) is 0 Å². The van der Waals surface area contributed by atoms with Crippen LogP contribution in [0, 0.1) is 17.8 Å². The van der Waals surface area contributed by atoms with E-state index in [4.69, 9.17) is 0 Å². The summed E-state index contributed by atoms with van der Waals surface area (Å²) < 4.78 is 1.84. The molecule has 6 heteroatoms. The van der Waals surface area contributed by atoms with Crippen molar-refractivity contribution in [1.29, 1.82) is 0 Å². The highest BCUT2D eigenvalue weighted by Gasteiger charge is 2.42. The van der Waals surface area contributed by atoms with Gasteiger partial charge in [0.15, 0.2) is 0 Å². The minimum Gasteiger partial charge on any atom is -0.481 e. The maximum atomic E-state index is 11.4. The van der Waals surface area contributed by atoms with Gasteiger partial charge in [0.25, 0.3) is 0 Å². The molecule has 106 valence electrons. The number of halogens is 2. The predicted octanol–water partition coefficient (Wildman–Crippen LogP) is 4.44. The number of hydrogen-bond acceptors (Lipinski definition) is 3. The van der Waals surface area contributed by atoms with Crippen LogP contribution in [0.2, 0.25) is 0 Å². The predicted molar refractivity (Wildman–Crippen MR) is 82.3 cm³/mol. The third-order valence-corrected chi connectivity index (χ3v) is 7.29. The first-order chi connectivity index (χ1) is 8.93. The van der Waals surface area contributed by atoms with Crippen molar-refractivity contribution in [3.63, 3.8) is 0 Å². The van der Waals surface area contributed by atoms with Gasteiger partial charge in [-0.1, -0.05) is 13.3 Å². The fourth-order valence-corrected chi connectivity index (χ4v) is 5.02. The van der Waals surface area contributed by atoms with Gasteiger partial charge in [-0.05, 0) is 56.7 Å². The molecule has 0 amide bonds. The Morgan fingerprint density at radius 3 is 2.68 bits per heavy atom. The van der Waals surface area contributed by atoms with Gasteiger partial charge in [0, 0.05) is 15.3 Å². The normalized spacial score (nSPS) is 28.5. The van der Waals surface area contributed by atoms with Crippen molar-refractivity contribution in [3.8, 4) is 0 Å². The van der Waals surface area contributed by atoms with Crippen LogP contribution >= 0.6 is 43.2 Å². The monoisotopic (exact) mass is 410 g/mol. The maximum Gasteiger partial charge on any atom is 0.306 e. The highest BCUT2D eigenvalue weighted by atomic mass is 79.9. The number of carbonyl (C=O) groups is 1. The Morgan fingerprint density at radius 2 is 2.21 bits per heavy atom. The molecule has 4 unspecified atom stereocenters. The number of carboxylic acids is 1. The summed E-state index contributed by atoms with van der Waals surface area (Å²) in [7, 11) is 0. The van der Waals surface area contributed by atoms with E-state index in [0.29, 0.717) is 12.3 Å². The number of aliphatic hydroxyl groups is 1. The molecule has 1 aromatic rings. The molecule has 19 heavy (non-hydrogen) atoms. The average molecular weight is 412 g/mol. The van der Waals surface area contributed by atoms with Gasteiger partial charge in [-0.3, -0.25) is 4.79 Å². The first-order valence-corrected chi connectivity index (χ1v) is 8.69. The summed E-state index contributed by atoms with van der Waals surface area (Å²) in [4.78, 5) is 12.2. The van der Waals surface area contributed by atoms with Crippen LogP contribution in [-0.4, -0.2) is 16.2 Å². The van der Waals surface area contributed by atoms with Crippen LogP contribution in [0.3, 0.4) is 0 Å². The standard InChI is InChI=1S/C13H16Br2O3S/c1-2-6-3-7(8(4-6)13(17)18)11(16)10-5-9(14)12(15)19-10/h5-8,11,16H,2-4H2,1H3,(H,17,18). The van der Waals surface area contributed by atoms with Crippen molar-refractivity contribution in [3.05, 3.63) is 19.2 Å². The molecule has 2 N–H and O–H groups in total. The summed E-state index contributed by atoms with van der Waals surface area (Å²) >= 11 is 8.26. The first kappa shape index (κ1) is 15.5. The van der Waals surface area contributed by atoms with E-state index in [0.717, 1.165) is 26.0 Å². The Balaban J connectivity index is 2.21. The second-order valence-corrected chi connectivity index (χ2v) is 8.33. The molecule has 4 atom stereocenters. The molecule has 0 saturated heterocycles. The molecular weight excluding hydrogens is 396 g/mol. The van der Waals surface area contributed by atoms with Gasteiger partial charge in [0.1, 0.15) is 0 Å². The minimum absolute atomic E-state index is 0.181. The molecule has 1 aliphatic carbocycles. The quantitative estimate of drug-likeness (QED) is 0.769. The SMILES string of the molecule is CCC1CC(C(=O)O)C(C(O)c2cc(Br)c(Br)s2)C1. The van der Waals surface area contributed by atoms with E-state index in [1.54, 1.807) is 0 Å². The van der Waals surface area contributed by atoms with Crippen LogP contribution in [0.15, 0.2) is 14.3 Å². The highest BCUT2D eigenvalue weighted by Crippen LogP contribution is 2.47. The van der Waals surface area contributed by atoms with E-state index in [1.807, 2.05) is 6.07 Å². The Labute approximate surface area is 133 Å². The van der Waals surface area contributed by atoms with E-state index >= 15 is 0 Å². The Hall–Kier alpha value is 0.0900. The molecule has 0 aliphatic heterocycles. The largest absolute Gasteiger partial charge is 0.481 e. The zero-order chi connectivity index (χ0) is 14.2. The fourth-order valence-electron chi connectivity index (χ4n) is 2.87. The van der Waals surface area contributed by atoms with Crippen molar-refractivity contribution < 1.29 is 15.0 Å². The van der Waals surface area contributed by atoms with Gasteiger partial charge >= 0.3 is 5.97 Å². The van der Waals surface area contributed by atoms with E-state index in [1.165, 1.54) is 11.3 Å². The smallest absolute Gasteiger partial charge is 0.306 e. The summed E-state index contributed by atoms with van der Waals surface area (Å²) in [6, 6.07) is 1.87. The molecule has 2 rings (SSSR count). The molecule has 0 aromatic carbocycles. The number of aliphatic hydroxyl groups excluding tert-OH is 1. The maximum absolute atomic E-state index is 11.4. The Kier molecular flexibility index (Phi) is 5.09. The molecule has 1 saturated carbocycles. The average Bonchev–Trinajstić information content (AvgIpc) is 2.93. The van der Waals surface area contributed by atoms with E-state index < -0.39 is 18.0 Å². The lowest BCUT2D eigenvalue weighted by Crippen LogP contribution is -2.23. The molecule has 1 aromatic heterocycles. The summed E-state index contributed by atoms with van der Waals surface area (Å²) in [5.74, 6) is -0.984. The second kappa shape index (κ2) is 6.24. The van der Waals surface area contributed by atoms with Gasteiger partial charge in [-0.2, -0.15) is 0 Å². The van der Waals surface area contributed by atoms with Crippen molar-refractivity contribution >= 4 is 49.2 Å². The molecule has 0 spiro atoms. The summed E-state index contributed by atoms with van der Waals surface area (Å²) in [5, 5.41) is 19.8. The van der Waals surface area contributed by atoms with Crippen LogP contribution in [0.5, 0.6) is 0 Å². The number of rotatable bonds is 4. The van der Waals surface area contributed by atoms with Gasteiger partial charge in [0.05, 0.1) is 15.8 Å². The lowest BCUT2D eigenvalue weighted by Gasteiger charge is -2.21. The zero-order valence-corrected chi connectivity index (χ0v) is 14.5. The van der Waals surface area contributed by atoms with Crippen LogP contribution < -0.4 is 0 Å². The van der Waals surface area contributed by atoms with Gasteiger partial charge in [-0.15, -0.1) is 11.3 Å². The third kappa shape index (κ3) is 3.23. The van der Waals surface area contributed by atoms with E-state index in [2.05, 4.69) is 38.8 Å². The molecule has 1 heterocycles. The summed E-state index contributed by atoms with van der Waals surface area (Å²) in [6.45, 7) is 2.08. The second-order valence-electron chi connectivity index (χ2n) is 5.07. The van der Waals surface area contributed by atoms with Crippen LogP contribution in [-0.2, 0) is 4.79 Å². The lowest BCUT2D eigenvalue weighted by molar-refractivity contribution is -0.144. The number of carboxylic acid groups (broad SMARTS) is 1. The van der Waals surface area contributed by atoms with Crippen molar-refractivity contribution in [2.45, 2.75) is 32.3 Å². The highest BCUT2D eigenvalue weighted by molar-refractivity contribution is 9.13. The molecule has 0 radical (unpaired) electrons. The van der Waals surface area contributed by atoms with Crippen molar-refractivity contribution in [2.75, 3.05) is 0 Å². The van der Waals surface area contributed by atoms with Crippen molar-refractivity contribution in [1.82, 2.24) is 0 Å². The Morgan fingerprint density at radius 1 is 1.53 bits per heavy atom. The lowest BCUT2D eigenvalue weighted by atomic mass is 9.90. The molecule has 3 nitrogen and oxygen atoms in total. The topological polar surface area (TPSA) is 57.5 Å². The number of thiophene rings is 1. The van der Waals surface area contributed by atoms with Crippen LogP contribution in [0.1, 0.15) is 37.2 Å². The van der Waals surface area contributed by atoms with E-state index in [9.17, 15) is 15.0 Å². The first-order valence-electron chi connectivity index (χ1n) is 6.29. The minimum atomic E-state index is -0.783. The fraction of sp³-hybridized carbons (Fsp3) is 0.615. The number of aliphatic carboxylic acids is 1. The summed E-state index contributed by atoms with van der Waals surface area (Å²) in [5.41, 5.74) is 0. The van der Waals surface area contributed by atoms with Crippen molar-refractivity contribution in [2.24, 2.45) is 17.8 Å². The van der Waals surface area contributed by atoms with Crippen LogP contribution in [0.25, 0.3) is 0 Å². The third-order valence-electron chi connectivity index (χ3n) is 3.97. The van der Waals surface area contributed by atoms with E-state index in [-0.39, 0.29) is 5.92 Å². The van der Waals surface area contributed by atoms with Crippen LogP contribution in [0.4, 0.5) is 0 Å². The molecule has 1 fully saturated rings.